The van der Waals surface area contributed by atoms with E-state index in [2.05, 4.69) is 15.7 Å². The van der Waals surface area contributed by atoms with Gasteiger partial charge in [-0.05, 0) is 18.1 Å². The third-order valence-corrected chi connectivity index (χ3v) is 4.51. The third kappa shape index (κ3) is 5.20. The molecule has 0 unspecified atom stereocenters. The summed E-state index contributed by atoms with van der Waals surface area (Å²) < 4.78 is 1.56. The summed E-state index contributed by atoms with van der Waals surface area (Å²) in [6.45, 7) is 3.79. The van der Waals surface area contributed by atoms with E-state index in [0.717, 1.165) is 0 Å². The number of carbonyl (C=O) groups is 2. The summed E-state index contributed by atoms with van der Waals surface area (Å²) >= 11 is 12.3. The fourth-order valence-corrected chi connectivity index (χ4v) is 2.69. The lowest BCUT2D eigenvalue weighted by Gasteiger charge is -2.15. The largest absolute Gasteiger partial charge is 0.346 e. The van der Waals surface area contributed by atoms with Gasteiger partial charge in [-0.2, -0.15) is 5.10 Å². The van der Waals surface area contributed by atoms with Gasteiger partial charge in [-0.15, -0.1) is 0 Å². The van der Waals surface area contributed by atoms with Crippen LogP contribution >= 0.6 is 23.2 Å². The van der Waals surface area contributed by atoms with Gasteiger partial charge in [0.15, 0.2) is 0 Å². The van der Waals surface area contributed by atoms with Gasteiger partial charge in [0, 0.05) is 21.7 Å². The van der Waals surface area contributed by atoms with Crippen LogP contribution in [0.2, 0.25) is 10.0 Å². The zero-order chi connectivity index (χ0) is 19.3. The minimum absolute atomic E-state index is 0.0140. The molecular formula is C17H21Cl2N5O2. The molecule has 0 saturated carbocycles. The highest BCUT2D eigenvalue weighted by Crippen LogP contribution is 2.25. The number of nitrogens with one attached hydrogen (secondary N) is 2. The maximum atomic E-state index is 12.1. The summed E-state index contributed by atoms with van der Waals surface area (Å²) in [5.74, 6) is -0.305. The maximum Gasteiger partial charge on any atom is 0.244 e. The Bertz CT molecular complexity index is 771. The van der Waals surface area contributed by atoms with Crippen molar-refractivity contribution in [2.45, 2.75) is 26.4 Å². The van der Waals surface area contributed by atoms with Crippen LogP contribution in [0, 0.1) is 5.92 Å². The number of nitrogens with zero attached hydrogens (tertiary/aromatic N) is 2. The second-order valence-electron chi connectivity index (χ2n) is 6.11. The molecule has 140 valence electrons. The predicted molar refractivity (Wildman–Crippen MR) is 102 cm³/mol. The molecule has 1 aromatic carbocycles. The van der Waals surface area contributed by atoms with E-state index in [1.165, 1.54) is 0 Å². The molecule has 0 bridgehead atoms. The summed E-state index contributed by atoms with van der Waals surface area (Å²) in [6, 6.07) is 6.21. The second kappa shape index (κ2) is 9.02. The fourth-order valence-electron chi connectivity index (χ4n) is 2.17. The van der Waals surface area contributed by atoms with Crippen molar-refractivity contribution < 1.29 is 9.59 Å². The normalized spacial score (nSPS) is 12.1. The topological polar surface area (TPSA) is 102 Å². The molecule has 26 heavy (non-hydrogen) atoms. The van der Waals surface area contributed by atoms with Crippen molar-refractivity contribution in [3.63, 3.8) is 0 Å². The molecular weight excluding hydrogens is 377 g/mol. The first-order valence-corrected chi connectivity index (χ1v) is 8.83. The van der Waals surface area contributed by atoms with Gasteiger partial charge in [0.1, 0.15) is 5.82 Å². The van der Waals surface area contributed by atoms with Gasteiger partial charge in [0.2, 0.25) is 11.8 Å². The molecule has 2 aromatic rings. The summed E-state index contributed by atoms with van der Waals surface area (Å²) in [5, 5.41) is 10.4. The number of amides is 2. The first-order valence-electron chi connectivity index (χ1n) is 8.07. The van der Waals surface area contributed by atoms with E-state index < -0.39 is 6.04 Å². The number of anilines is 1. The van der Waals surface area contributed by atoms with Crippen LogP contribution in [-0.4, -0.2) is 34.2 Å². The van der Waals surface area contributed by atoms with Crippen LogP contribution in [-0.2, 0) is 16.1 Å². The van der Waals surface area contributed by atoms with Gasteiger partial charge in [0.05, 0.1) is 25.3 Å². The highest BCUT2D eigenvalue weighted by molar-refractivity contribution is 6.36. The first kappa shape index (κ1) is 20.2. The average Bonchev–Trinajstić information content (AvgIpc) is 3.02. The molecule has 0 fully saturated rings. The molecule has 2 rings (SSSR count). The van der Waals surface area contributed by atoms with Gasteiger partial charge < -0.3 is 16.4 Å². The predicted octanol–water partition coefficient (Wildman–Crippen LogP) is 2.28. The lowest BCUT2D eigenvalue weighted by atomic mass is 10.1. The summed E-state index contributed by atoms with van der Waals surface area (Å²) in [5.41, 5.74) is 6.44. The molecule has 0 aliphatic carbocycles. The van der Waals surface area contributed by atoms with Crippen LogP contribution in [0.15, 0.2) is 30.5 Å². The van der Waals surface area contributed by atoms with Crippen LogP contribution < -0.4 is 16.4 Å². The number of halogens is 2. The van der Waals surface area contributed by atoms with Crippen molar-refractivity contribution in [3.05, 3.63) is 46.1 Å². The van der Waals surface area contributed by atoms with E-state index in [1.54, 1.807) is 35.1 Å². The van der Waals surface area contributed by atoms with Gasteiger partial charge in [-0.25, -0.2) is 4.68 Å². The number of hydrogen-bond donors (Lipinski definition) is 3. The standard InChI is InChI=1S/C17H21Cl2N5O2/c1-10(2)16(20)17(26)21-8-15(25)23-14-6-7-22-24(14)9-11-12(18)4-3-5-13(11)19/h3-7,10,16H,8-9,20H2,1-2H3,(H,21,26)(H,23,25)/t16-/m0/s1. The number of nitrogens with two attached hydrogens (primary N) is 1. The zero-order valence-corrected chi connectivity index (χ0v) is 16.0. The second-order valence-corrected chi connectivity index (χ2v) is 6.92. The Morgan fingerprint density at radius 1 is 1.23 bits per heavy atom. The summed E-state index contributed by atoms with van der Waals surface area (Å²) in [4.78, 5) is 23.9. The molecule has 0 aliphatic heterocycles. The van der Waals surface area contributed by atoms with Crippen molar-refractivity contribution in [1.82, 2.24) is 15.1 Å². The quantitative estimate of drug-likeness (QED) is 0.666. The third-order valence-electron chi connectivity index (χ3n) is 3.80. The fraction of sp³-hybridized carbons (Fsp3) is 0.353. The Labute approximate surface area is 161 Å². The minimum atomic E-state index is -0.657. The van der Waals surface area contributed by atoms with Crippen LogP contribution in [0.3, 0.4) is 0 Å². The highest BCUT2D eigenvalue weighted by Gasteiger charge is 2.18. The van der Waals surface area contributed by atoms with E-state index in [9.17, 15) is 9.59 Å². The molecule has 0 saturated heterocycles. The molecule has 0 radical (unpaired) electrons. The Balaban J connectivity index is 1.98. The Hall–Kier alpha value is -2.09. The number of benzene rings is 1. The molecule has 1 aromatic heterocycles. The SMILES string of the molecule is CC(C)[C@H](N)C(=O)NCC(=O)Nc1ccnn1Cc1c(Cl)cccc1Cl. The number of hydrogen-bond acceptors (Lipinski definition) is 4. The van der Waals surface area contributed by atoms with Crippen molar-refractivity contribution in [2.24, 2.45) is 11.7 Å². The number of rotatable bonds is 7. The highest BCUT2D eigenvalue weighted by atomic mass is 35.5. The Morgan fingerprint density at radius 2 is 1.88 bits per heavy atom. The first-order chi connectivity index (χ1) is 12.3. The zero-order valence-electron chi connectivity index (χ0n) is 14.5. The van der Waals surface area contributed by atoms with Gasteiger partial charge in [-0.1, -0.05) is 43.1 Å². The monoisotopic (exact) mass is 397 g/mol. The minimum Gasteiger partial charge on any atom is -0.346 e. The van der Waals surface area contributed by atoms with Crippen LogP contribution in [0.5, 0.6) is 0 Å². The van der Waals surface area contributed by atoms with E-state index in [1.807, 2.05) is 13.8 Å². The lowest BCUT2D eigenvalue weighted by molar-refractivity contribution is -0.125. The molecule has 7 nitrogen and oxygen atoms in total. The molecule has 1 atom stereocenters. The molecule has 2 amide bonds. The number of aromatic nitrogens is 2. The summed E-state index contributed by atoms with van der Waals surface area (Å²) in [6.07, 6.45) is 1.55. The van der Waals surface area contributed by atoms with Crippen LogP contribution in [0.4, 0.5) is 5.82 Å². The molecule has 0 aliphatic rings. The van der Waals surface area contributed by atoms with Gasteiger partial charge in [0.25, 0.3) is 0 Å². The van der Waals surface area contributed by atoms with Crippen molar-refractivity contribution in [2.75, 3.05) is 11.9 Å². The maximum absolute atomic E-state index is 12.1. The van der Waals surface area contributed by atoms with E-state index >= 15 is 0 Å². The van der Waals surface area contributed by atoms with Crippen molar-refractivity contribution in [3.8, 4) is 0 Å². The van der Waals surface area contributed by atoms with Gasteiger partial charge >= 0.3 is 0 Å². The van der Waals surface area contributed by atoms with Crippen LogP contribution in [0.25, 0.3) is 0 Å². The number of carbonyl (C=O) groups excluding carboxylic acids is 2. The smallest absolute Gasteiger partial charge is 0.244 e. The lowest BCUT2D eigenvalue weighted by Crippen LogP contribution is -2.46. The molecule has 1 heterocycles. The Morgan fingerprint density at radius 3 is 2.50 bits per heavy atom. The van der Waals surface area contributed by atoms with Crippen LogP contribution in [0.1, 0.15) is 19.4 Å². The van der Waals surface area contributed by atoms with Crippen molar-refractivity contribution in [1.29, 1.82) is 0 Å². The molecule has 9 heteroatoms. The molecule has 4 N–H and O–H groups in total. The van der Waals surface area contributed by atoms with E-state index in [-0.39, 0.29) is 24.3 Å². The van der Waals surface area contributed by atoms with E-state index in [0.29, 0.717) is 28.0 Å². The average molecular weight is 398 g/mol. The van der Waals surface area contributed by atoms with Crippen molar-refractivity contribution >= 4 is 40.8 Å². The van der Waals surface area contributed by atoms with Gasteiger partial charge in [-0.3, -0.25) is 9.59 Å². The summed E-state index contributed by atoms with van der Waals surface area (Å²) in [7, 11) is 0. The molecule has 0 spiro atoms. The van der Waals surface area contributed by atoms with E-state index in [4.69, 9.17) is 28.9 Å². The Kier molecular flexibility index (Phi) is 7.02.